The minimum Gasteiger partial charge on any atom is -0.496 e. The number of aromatic nitrogens is 2. The molecule has 0 saturated carbocycles. The number of hydrazone groups is 1. The number of carbonyl (C=O) groups is 1. The average Bonchev–Trinajstić information content (AvgIpc) is 3.14. The second-order valence-electron chi connectivity index (χ2n) is 5.24. The van der Waals surface area contributed by atoms with Gasteiger partial charge in [0.2, 0.25) is 0 Å². The van der Waals surface area contributed by atoms with Crippen molar-refractivity contribution >= 4 is 35.3 Å². The SMILES string of the molecule is COc1ccccc1/C=N/NC(=O)c1cc(-c2ccc(Cl)c(Cl)c2)n[nH]1. The summed E-state index contributed by atoms with van der Waals surface area (Å²) in [6.07, 6.45) is 1.51. The van der Waals surface area contributed by atoms with E-state index in [9.17, 15) is 4.79 Å². The van der Waals surface area contributed by atoms with Crippen molar-refractivity contribution in [2.45, 2.75) is 0 Å². The van der Waals surface area contributed by atoms with E-state index in [-0.39, 0.29) is 5.69 Å². The van der Waals surface area contributed by atoms with Gasteiger partial charge in [-0.2, -0.15) is 10.2 Å². The van der Waals surface area contributed by atoms with Crippen LogP contribution in [0.2, 0.25) is 10.0 Å². The Labute approximate surface area is 159 Å². The summed E-state index contributed by atoms with van der Waals surface area (Å²) in [5.74, 6) is 0.240. The molecule has 0 aliphatic rings. The zero-order valence-corrected chi connectivity index (χ0v) is 15.2. The van der Waals surface area contributed by atoms with Crippen molar-refractivity contribution < 1.29 is 9.53 Å². The summed E-state index contributed by atoms with van der Waals surface area (Å²) in [5.41, 5.74) is 4.77. The first-order valence-electron chi connectivity index (χ1n) is 7.55. The molecule has 0 saturated heterocycles. The predicted molar refractivity (Wildman–Crippen MR) is 102 cm³/mol. The number of ether oxygens (including phenoxy) is 1. The highest BCUT2D eigenvalue weighted by Gasteiger charge is 2.11. The standard InChI is InChI=1S/C18H14Cl2N4O2/c1-26-17-5-3-2-4-12(17)10-21-24-18(25)16-9-15(22-23-16)11-6-7-13(19)14(20)8-11/h2-10H,1H3,(H,22,23)(H,24,25)/b21-10+. The van der Waals surface area contributed by atoms with Gasteiger partial charge in [0.1, 0.15) is 11.4 Å². The zero-order chi connectivity index (χ0) is 18.5. The molecule has 1 aromatic heterocycles. The van der Waals surface area contributed by atoms with Crippen LogP contribution in [0.5, 0.6) is 5.75 Å². The quantitative estimate of drug-likeness (QED) is 0.508. The molecule has 2 N–H and O–H groups in total. The summed E-state index contributed by atoms with van der Waals surface area (Å²) in [5, 5.41) is 11.6. The monoisotopic (exact) mass is 388 g/mol. The smallest absolute Gasteiger partial charge is 0.289 e. The van der Waals surface area contributed by atoms with Crippen LogP contribution < -0.4 is 10.2 Å². The lowest BCUT2D eigenvalue weighted by Crippen LogP contribution is -2.18. The van der Waals surface area contributed by atoms with Crippen LogP contribution in [-0.4, -0.2) is 29.4 Å². The van der Waals surface area contributed by atoms with E-state index in [1.807, 2.05) is 24.3 Å². The second-order valence-corrected chi connectivity index (χ2v) is 6.05. The molecule has 132 valence electrons. The Morgan fingerprint density at radius 2 is 2.00 bits per heavy atom. The van der Waals surface area contributed by atoms with Crippen molar-refractivity contribution in [1.82, 2.24) is 15.6 Å². The second kappa shape index (κ2) is 8.03. The molecular weight excluding hydrogens is 375 g/mol. The fraction of sp³-hybridized carbons (Fsp3) is 0.0556. The van der Waals surface area contributed by atoms with Crippen LogP contribution in [-0.2, 0) is 0 Å². The first-order valence-corrected chi connectivity index (χ1v) is 8.31. The number of nitrogens with zero attached hydrogens (tertiary/aromatic N) is 2. The van der Waals surface area contributed by atoms with Crippen LogP contribution >= 0.6 is 23.2 Å². The molecule has 1 amide bonds. The molecule has 0 unspecified atom stereocenters. The summed E-state index contributed by atoms with van der Waals surface area (Å²) in [6, 6.07) is 14.1. The van der Waals surface area contributed by atoms with Gasteiger partial charge in [0.25, 0.3) is 5.91 Å². The highest BCUT2D eigenvalue weighted by Crippen LogP contribution is 2.27. The number of methoxy groups -OCH3 is 1. The van der Waals surface area contributed by atoms with Crippen molar-refractivity contribution in [3.63, 3.8) is 0 Å². The van der Waals surface area contributed by atoms with Gasteiger partial charge in [0.15, 0.2) is 0 Å². The maximum Gasteiger partial charge on any atom is 0.289 e. The molecule has 26 heavy (non-hydrogen) atoms. The van der Waals surface area contributed by atoms with Crippen molar-refractivity contribution in [3.8, 4) is 17.0 Å². The minimum atomic E-state index is -0.421. The molecule has 0 aliphatic carbocycles. The van der Waals surface area contributed by atoms with Gasteiger partial charge in [0, 0.05) is 11.1 Å². The summed E-state index contributed by atoms with van der Waals surface area (Å²) in [6.45, 7) is 0. The van der Waals surface area contributed by atoms with Crippen LogP contribution in [0.25, 0.3) is 11.3 Å². The number of carbonyl (C=O) groups excluding carboxylic acids is 1. The molecule has 2 aromatic carbocycles. The molecule has 0 spiro atoms. The Kier molecular flexibility index (Phi) is 5.55. The lowest BCUT2D eigenvalue weighted by Gasteiger charge is -2.02. The third-order valence-electron chi connectivity index (χ3n) is 3.55. The molecule has 0 fully saturated rings. The highest BCUT2D eigenvalue weighted by atomic mass is 35.5. The van der Waals surface area contributed by atoms with Crippen molar-refractivity contribution in [2.24, 2.45) is 5.10 Å². The van der Waals surface area contributed by atoms with Gasteiger partial charge in [-0.05, 0) is 30.3 Å². The first kappa shape index (κ1) is 18.0. The molecule has 1 heterocycles. The number of benzene rings is 2. The zero-order valence-electron chi connectivity index (χ0n) is 13.7. The molecule has 8 heteroatoms. The third kappa shape index (κ3) is 4.04. The Bertz CT molecular complexity index is 969. The molecule has 0 aliphatic heterocycles. The lowest BCUT2D eigenvalue weighted by atomic mass is 10.1. The third-order valence-corrected chi connectivity index (χ3v) is 4.29. The normalized spacial score (nSPS) is 10.9. The van der Waals surface area contributed by atoms with E-state index in [4.69, 9.17) is 27.9 Å². The fourth-order valence-electron chi connectivity index (χ4n) is 2.24. The van der Waals surface area contributed by atoms with E-state index in [0.29, 0.717) is 21.5 Å². The highest BCUT2D eigenvalue weighted by molar-refractivity contribution is 6.42. The van der Waals surface area contributed by atoms with Gasteiger partial charge in [-0.1, -0.05) is 41.4 Å². The van der Waals surface area contributed by atoms with Gasteiger partial charge in [-0.3, -0.25) is 9.89 Å². The number of aromatic amines is 1. The van der Waals surface area contributed by atoms with Crippen molar-refractivity contribution in [2.75, 3.05) is 7.11 Å². The maximum absolute atomic E-state index is 12.2. The number of halogens is 2. The Morgan fingerprint density at radius 1 is 1.19 bits per heavy atom. The van der Waals surface area contributed by atoms with Crippen LogP contribution in [0.4, 0.5) is 0 Å². The van der Waals surface area contributed by atoms with Crippen LogP contribution in [0.1, 0.15) is 16.1 Å². The van der Waals surface area contributed by atoms with Gasteiger partial charge in [0.05, 0.1) is 29.1 Å². The minimum absolute atomic E-state index is 0.267. The summed E-state index contributed by atoms with van der Waals surface area (Å²) >= 11 is 11.9. The fourth-order valence-corrected chi connectivity index (χ4v) is 2.53. The molecule has 3 rings (SSSR count). The van der Waals surface area contributed by atoms with Crippen molar-refractivity contribution in [1.29, 1.82) is 0 Å². The molecular formula is C18H14Cl2N4O2. The molecule has 0 atom stereocenters. The number of hydrogen-bond donors (Lipinski definition) is 2. The largest absolute Gasteiger partial charge is 0.496 e. The van der Waals surface area contributed by atoms with Crippen LogP contribution in [0.3, 0.4) is 0 Å². The molecule has 6 nitrogen and oxygen atoms in total. The van der Waals surface area contributed by atoms with Gasteiger partial charge < -0.3 is 4.74 Å². The number of H-pyrrole nitrogens is 1. The Morgan fingerprint density at radius 3 is 2.77 bits per heavy atom. The predicted octanol–water partition coefficient (Wildman–Crippen LogP) is 4.16. The van der Waals surface area contributed by atoms with Gasteiger partial charge in [-0.25, -0.2) is 5.43 Å². The number of hydrogen-bond acceptors (Lipinski definition) is 4. The summed E-state index contributed by atoms with van der Waals surface area (Å²) < 4.78 is 5.22. The van der Waals surface area contributed by atoms with Crippen LogP contribution in [0.15, 0.2) is 53.6 Å². The number of para-hydroxylation sites is 1. The van der Waals surface area contributed by atoms with Crippen molar-refractivity contribution in [3.05, 3.63) is 69.8 Å². The first-order chi connectivity index (χ1) is 12.6. The molecule has 3 aromatic rings. The van der Waals surface area contributed by atoms with E-state index in [0.717, 1.165) is 11.1 Å². The Hall–Kier alpha value is -2.83. The van der Waals surface area contributed by atoms with E-state index < -0.39 is 5.91 Å². The van der Waals surface area contributed by atoms with E-state index >= 15 is 0 Å². The van der Waals surface area contributed by atoms with E-state index in [2.05, 4.69) is 20.7 Å². The number of nitrogens with one attached hydrogen (secondary N) is 2. The van der Waals surface area contributed by atoms with Gasteiger partial charge in [-0.15, -0.1) is 0 Å². The Balaban J connectivity index is 1.70. The lowest BCUT2D eigenvalue weighted by molar-refractivity contribution is 0.0950. The summed E-state index contributed by atoms with van der Waals surface area (Å²) in [7, 11) is 1.57. The molecule has 0 radical (unpaired) electrons. The average molecular weight is 389 g/mol. The molecule has 0 bridgehead atoms. The summed E-state index contributed by atoms with van der Waals surface area (Å²) in [4.78, 5) is 12.2. The van der Waals surface area contributed by atoms with Crippen LogP contribution in [0, 0.1) is 0 Å². The topological polar surface area (TPSA) is 79.4 Å². The van der Waals surface area contributed by atoms with Gasteiger partial charge >= 0.3 is 0 Å². The number of amides is 1. The van der Waals surface area contributed by atoms with E-state index in [1.165, 1.54) is 6.21 Å². The number of rotatable bonds is 5. The van der Waals surface area contributed by atoms with E-state index in [1.54, 1.807) is 31.4 Å². The maximum atomic E-state index is 12.2.